The Morgan fingerprint density at radius 3 is 2.86 bits per heavy atom. The highest BCUT2D eigenvalue weighted by atomic mass is 16.1. The van der Waals surface area contributed by atoms with Gasteiger partial charge in [-0.15, -0.1) is 0 Å². The van der Waals surface area contributed by atoms with E-state index in [1.54, 1.807) is 0 Å². The van der Waals surface area contributed by atoms with Crippen molar-refractivity contribution in [1.29, 1.82) is 0 Å². The SMILES string of the molecule is Cc1cccc(CC2(C(N)=O)CC2C2CCN(C)CC2C)c1. The number of piperidine rings is 1. The Morgan fingerprint density at radius 1 is 1.45 bits per heavy atom. The van der Waals surface area contributed by atoms with Crippen LogP contribution in [0.25, 0.3) is 0 Å². The summed E-state index contributed by atoms with van der Waals surface area (Å²) in [6.45, 7) is 6.71. The number of nitrogens with two attached hydrogens (primary N) is 1. The minimum Gasteiger partial charge on any atom is -0.369 e. The van der Waals surface area contributed by atoms with Gasteiger partial charge in [0.25, 0.3) is 0 Å². The van der Waals surface area contributed by atoms with Gasteiger partial charge >= 0.3 is 0 Å². The van der Waals surface area contributed by atoms with E-state index < -0.39 is 0 Å². The lowest BCUT2D eigenvalue weighted by atomic mass is 9.78. The van der Waals surface area contributed by atoms with Gasteiger partial charge in [0, 0.05) is 6.54 Å². The molecular weight excluding hydrogens is 272 g/mol. The zero-order valence-electron chi connectivity index (χ0n) is 14.0. The number of hydrogen-bond donors (Lipinski definition) is 1. The highest BCUT2D eigenvalue weighted by Gasteiger charge is 2.62. The molecule has 1 aliphatic heterocycles. The number of amides is 1. The number of carbonyl (C=O) groups excluding carboxylic acids is 1. The number of benzene rings is 1. The first-order valence-electron chi connectivity index (χ1n) is 8.46. The molecule has 2 fully saturated rings. The van der Waals surface area contributed by atoms with Crippen molar-refractivity contribution in [2.24, 2.45) is 28.9 Å². The van der Waals surface area contributed by atoms with Gasteiger partial charge in [-0.25, -0.2) is 0 Å². The maximum absolute atomic E-state index is 12.2. The van der Waals surface area contributed by atoms with Gasteiger partial charge in [-0.1, -0.05) is 36.8 Å². The molecule has 0 spiro atoms. The molecule has 4 unspecified atom stereocenters. The predicted molar refractivity (Wildman–Crippen MR) is 89.4 cm³/mol. The Labute approximate surface area is 133 Å². The lowest BCUT2D eigenvalue weighted by molar-refractivity contribution is -0.124. The van der Waals surface area contributed by atoms with Gasteiger partial charge in [-0.05, 0) is 63.1 Å². The first-order valence-corrected chi connectivity index (χ1v) is 8.46. The van der Waals surface area contributed by atoms with Crippen LogP contribution in [0.3, 0.4) is 0 Å². The van der Waals surface area contributed by atoms with Crippen molar-refractivity contribution in [3.63, 3.8) is 0 Å². The van der Waals surface area contributed by atoms with Crippen LogP contribution in [0.15, 0.2) is 24.3 Å². The average molecular weight is 300 g/mol. The fourth-order valence-electron chi connectivity index (χ4n) is 4.62. The summed E-state index contributed by atoms with van der Waals surface area (Å²) in [5.41, 5.74) is 8.05. The van der Waals surface area contributed by atoms with Crippen LogP contribution in [0.1, 0.15) is 30.9 Å². The Bertz CT molecular complexity index is 570. The largest absolute Gasteiger partial charge is 0.369 e. The maximum Gasteiger partial charge on any atom is 0.224 e. The normalized spacial score (nSPS) is 35.3. The number of aryl methyl sites for hydroxylation is 1. The van der Waals surface area contributed by atoms with Gasteiger partial charge in [0.15, 0.2) is 0 Å². The van der Waals surface area contributed by atoms with Crippen LogP contribution in [0.4, 0.5) is 0 Å². The number of likely N-dealkylation sites (tertiary alicyclic amines) is 1. The van der Waals surface area contributed by atoms with E-state index in [2.05, 4.69) is 50.1 Å². The highest BCUT2D eigenvalue weighted by Crippen LogP contribution is 2.61. The second-order valence-corrected chi connectivity index (χ2v) is 7.69. The third-order valence-electron chi connectivity index (χ3n) is 5.92. The van der Waals surface area contributed by atoms with E-state index in [4.69, 9.17) is 5.73 Å². The van der Waals surface area contributed by atoms with E-state index in [1.165, 1.54) is 17.5 Å². The molecule has 2 N–H and O–H groups in total. The summed E-state index contributed by atoms with van der Waals surface area (Å²) in [7, 11) is 2.19. The van der Waals surface area contributed by atoms with Gasteiger partial charge in [0.2, 0.25) is 5.91 Å². The molecule has 1 aliphatic carbocycles. The van der Waals surface area contributed by atoms with Gasteiger partial charge < -0.3 is 10.6 Å². The van der Waals surface area contributed by atoms with Crippen LogP contribution < -0.4 is 5.73 Å². The van der Waals surface area contributed by atoms with Crippen LogP contribution in [0.5, 0.6) is 0 Å². The summed E-state index contributed by atoms with van der Waals surface area (Å²) in [4.78, 5) is 14.6. The highest BCUT2D eigenvalue weighted by molar-refractivity contribution is 5.84. The van der Waals surface area contributed by atoms with E-state index in [0.717, 1.165) is 25.9 Å². The summed E-state index contributed by atoms with van der Waals surface area (Å²) in [5.74, 6) is 1.69. The van der Waals surface area contributed by atoms with Crippen LogP contribution in [0, 0.1) is 30.1 Å². The molecule has 1 aromatic carbocycles. The lowest BCUT2D eigenvalue weighted by Gasteiger charge is -2.36. The number of rotatable bonds is 4. The van der Waals surface area contributed by atoms with Gasteiger partial charge in [-0.2, -0.15) is 0 Å². The summed E-state index contributed by atoms with van der Waals surface area (Å²) in [6, 6.07) is 8.50. The molecule has 3 rings (SSSR count). The quantitative estimate of drug-likeness (QED) is 0.929. The number of hydrogen-bond acceptors (Lipinski definition) is 2. The van der Waals surface area contributed by atoms with E-state index in [9.17, 15) is 4.79 Å². The second-order valence-electron chi connectivity index (χ2n) is 7.69. The first-order chi connectivity index (χ1) is 10.4. The molecule has 1 saturated carbocycles. The molecule has 22 heavy (non-hydrogen) atoms. The number of primary amides is 1. The molecular formula is C19H28N2O. The Hall–Kier alpha value is -1.35. The number of carbonyl (C=O) groups is 1. The monoisotopic (exact) mass is 300 g/mol. The third kappa shape index (κ3) is 2.79. The lowest BCUT2D eigenvalue weighted by Crippen LogP contribution is -2.40. The molecule has 4 atom stereocenters. The average Bonchev–Trinajstić information content (AvgIpc) is 3.14. The maximum atomic E-state index is 12.2. The van der Waals surface area contributed by atoms with Crippen LogP contribution >= 0.6 is 0 Å². The standard InChI is InChI=1S/C19H28N2O/c1-13-5-4-6-15(9-13)10-19(18(20)22)11-17(19)16-7-8-21(3)12-14(16)2/h4-6,9,14,16-17H,7-8,10-12H2,1-3H3,(H2,20,22). The fourth-order valence-corrected chi connectivity index (χ4v) is 4.62. The molecule has 1 heterocycles. The smallest absolute Gasteiger partial charge is 0.224 e. The Kier molecular flexibility index (Phi) is 4.02. The van der Waals surface area contributed by atoms with E-state index in [-0.39, 0.29) is 11.3 Å². The van der Waals surface area contributed by atoms with Gasteiger partial charge in [0.05, 0.1) is 5.41 Å². The summed E-state index contributed by atoms with van der Waals surface area (Å²) in [5, 5.41) is 0. The van der Waals surface area contributed by atoms with Crippen molar-refractivity contribution in [3.8, 4) is 0 Å². The predicted octanol–water partition coefficient (Wildman–Crippen LogP) is 2.62. The van der Waals surface area contributed by atoms with E-state index >= 15 is 0 Å². The first kappa shape index (κ1) is 15.5. The molecule has 0 bridgehead atoms. The van der Waals surface area contributed by atoms with E-state index in [1.807, 2.05) is 0 Å². The minimum absolute atomic E-state index is 0.0925. The zero-order chi connectivity index (χ0) is 15.9. The third-order valence-corrected chi connectivity index (χ3v) is 5.92. The molecule has 1 saturated heterocycles. The van der Waals surface area contributed by atoms with Crippen LogP contribution in [-0.4, -0.2) is 30.9 Å². The van der Waals surface area contributed by atoms with Crippen molar-refractivity contribution in [2.45, 2.75) is 33.1 Å². The van der Waals surface area contributed by atoms with Gasteiger partial charge in [-0.3, -0.25) is 4.79 Å². The molecule has 2 aliphatic rings. The summed E-state index contributed by atoms with van der Waals surface area (Å²) < 4.78 is 0. The molecule has 1 amide bonds. The zero-order valence-corrected chi connectivity index (χ0v) is 14.0. The summed E-state index contributed by atoms with van der Waals surface area (Å²) in [6.07, 6.45) is 2.99. The van der Waals surface area contributed by atoms with E-state index in [0.29, 0.717) is 17.8 Å². The van der Waals surface area contributed by atoms with Gasteiger partial charge in [0.1, 0.15) is 0 Å². The minimum atomic E-state index is -0.289. The van der Waals surface area contributed by atoms with Crippen molar-refractivity contribution in [1.82, 2.24) is 4.90 Å². The molecule has 0 radical (unpaired) electrons. The molecule has 0 aromatic heterocycles. The van der Waals surface area contributed by atoms with Crippen molar-refractivity contribution >= 4 is 5.91 Å². The molecule has 120 valence electrons. The molecule has 3 heteroatoms. The van der Waals surface area contributed by atoms with Crippen LogP contribution in [-0.2, 0) is 11.2 Å². The van der Waals surface area contributed by atoms with Crippen molar-refractivity contribution < 1.29 is 4.79 Å². The van der Waals surface area contributed by atoms with Crippen LogP contribution in [0.2, 0.25) is 0 Å². The molecule has 1 aromatic rings. The summed E-state index contributed by atoms with van der Waals surface area (Å²) >= 11 is 0. The molecule has 3 nitrogen and oxygen atoms in total. The Balaban J connectivity index is 1.76. The fraction of sp³-hybridized carbons (Fsp3) is 0.632. The van der Waals surface area contributed by atoms with Crippen molar-refractivity contribution in [2.75, 3.05) is 20.1 Å². The number of nitrogens with zero attached hydrogens (tertiary/aromatic N) is 1. The second kappa shape index (κ2) is 5.69. The Morgan fingerprint density at radius 2 is 2.23 bits per heavy atom. The van der Waals surface area contributed by atoms with Crippen molar-refractivity contribution in [3.05, 3.63) is 35.4 Å². The topological polar surface area (TPSA) is 46.3 Å².